The maximum absolute atomic E-state index is 10.2. The molecule has 0 aromatic rings. The van der Waals surface area contributed by atoms with Gasteiger partial charge >= 0.3 is 0 Å². The van der Waals surface area contributed by atoms with E-state index >= 15 is 0 Å². The number of halogens is 1. The zero-order valence-electron chi connectivity index (χ0n) is 15.0. The molecular formula is C18H39BrNO2-. The predicted octanol–water partition coefficient (Wildman–Crippen LogP) is 2.38. The number of hydrogen-bond acceptors (Lipinski definition) is 2. The molecule has 0 saturated heterocycles. The molecular weight excluding hydrogens is 342 g/mol. The first kappa shape index (κ1) is 26.8. The standard InChI is InChI=1S/C18H36O2.BrH.H3N/c1-2-3-4-5-6-7-8-9-10-11-12-13-14-15-16-17-18(19)20;;/h2-17H2,1H3,(H,19,20);1H;1H3/p-1. The lowest BCUT2D eigenvalue weighted by Gasteiger charge is -2.04. The van der Waals surface area contributed by atoms with Crippen molar-refractivity contribution in [3.8, 4) is 0 Å². The van der Waals surface area contributed by atoms with Gasteiger partial charge in [0.1, 0.15) is 0 Å². The summed E-state index contributed by atoms with van der Waals surface area (Å²) in [5, 5.41) is 10.2. The number of carboxylic acids is 1. The number of carbonyl (C=O) groups excluding carboxylic acids is 1. The molecule has 0 unspecified atom stereocenters. The second-order valence-electron chi connectivity index (χ2n) is 6.07. The monoisotopic (exact) mass is 380 g/mol. The van der Waals surface area contributed by atoms with Crippen molar-refractivity contribution >= 4 is 5.97 Å². The van der Waals surface area contributed by atoms with Crippen molar-refractivity contribution in [3.63, 3.8) is 0 Å². The summed E-state index contributed by atoms with van der Waals surface area (Å²) in [7, 11) is 0. The van der Waals surface area contributed by atoms with Gasteiger partial charge in [-0.05, 0) is 12.8 Å². The van der Waals surface area contributed by atoms with Gasteiger partial charge in [-0.1, -0.05) is 96.8 Å². The molecule has 3 nitrogen and oxygen atoms in total. The molecule has 136 valence electrons. The molecule has 0 rings (SSSR count). The fourth-order valence-electron chi connectivity index (χ4n) is 2.64. The van der Waals surface area contributed by atoms with E-state index in [1.807, 2.05) is 0 Å². The Hall–Kier alpha value is -0.0900. The minimum absolute atomic E-state index is 0. The summed E-state index contributed by atoms with van der Waals surface area (Å²) < 4.78 is 0. The van der Waals surface area contributed by atoms with E-state index in [4.69, 9.17) is 0 Å². The van der Waals surface area contributed by atoms with Crippen molar-refractivity contribution < 1.29 is 26.9 Å². The van der Waals surface area contributed by atoms with Crippen LogP contribution in [-0.2, 0) is 4.79 Å². The van der Waals surface area contributed by atoms with Crippen molar-refractivity contribution in [3.05, 3.63) is 0 Å². The molecule has 0 aromatic carbocycles. The van der Waals surface area contributed by atoms with Crippen LogP contribution in [-0.4, -0.2) is 5.97 Å². The Morgan fingerprint density at radius 3 is 1.18 bits per heavy atom. The zero-order chi connectivity index (χ0) is 14.9. The molecule has 0 radical (unpaired) electrons. The SMILES string of the molecule is CCCCCCCCCCCCCCCCCC(=O)[O-].[Br-].[NH4+]. The van der Waals surface area contributed by atoms with Gasteiger partial charge in [0.25, 0.3) is 0 Å². The molecule has 0 heterocycles. The Morgan fingerprint density at radius 1 is 0.636 bits per heavy atom. The second kappa shape index (κ2) is 23.2. The average Bonchev–Trinajstić information content (AvgIpc) is 2.43. The second-order valence-corrected chi connectivity index (χ2v) is 6.07. The van der Waals surface area contributed by atoms with Gasteiger partial charge in [0.15, 0.2) is 0 Å². The van der Waals surface area contributed by atoms with E-state index in [1.165, 1.54) is 83.5 Å². The summed E-state index contributed by atoms with van der Waals surface area (Å²) in [6.07, 6.45) is 19.9. The van der Waals surface area contributed by atoms with Gasteiger partial charge in [-0.15, -0.1) is 0 Å². The van der Waals surface area contributed by atoms with Gasteiger partial charge in [0, 0.05) is 5.97 Å². The van der Waals surface area contributed by atoms with E-state index in [9.17, 15) is 9.90 Å². The fraction of sp³-hybridized carbons (Fsp3) is 0.944. The van der Waals surface area contributed by atoms with Gasteiger partial charge in [-0.25, -0.2) is 0 Å². The Labute approximate surface area is 149 Å². The topological polar surface area (TPSA) is 76.6 Å². The molecule has 4 heteroatoms. The van der Waals surface area contributed by atoms with Crippen LogP contribution in [0.3, 0.4) is 0 Å². The van der Waals surface area contributed by atoms with Gasteiger partial charge in [0.05, 0.1) is 0 Å². The highest BCUT2D eigenvalue weighted by Crippen LogP contribution is 2.13. The molecule has 0 amide bonds. The average molecular weight is 381 g/mol. The third-order valence-corrected chi connectivity index (χ3v) is 3.98. The number of unbranched alkanes of at least 4 members (excludes halogenated alkanes) is 14. The smallest absolute Gasteiger partial charge is 0.0414 e. The van der Waals surface area contributed by atoms with Gasteiger partial charge < -0.3 is 33.0 Å². The quantitative estimate of drug-likeness (QED) is 0.417. The van der Waals surface area contributed by atoms with Crippen molar-refractivity contribution in [2.75, 3.05) is 0 Å². The molecule has 4 N–H and O–H groups in total. The number of rotatable bonds is 16. The zero-order valence-corrected chi connectivity index (χ0v) is 16.6. The van der Waals surface area contributed by atoms with E-state index in [0.717, 1.165) is 12.8 Å². The summed E-state index contributed by atoms with van der Waals surface area (Å²) in [6, 6.07) is 0. The highest BCUT2D eigenvalue weighted by Gasteiger charge is 1.94. The Bertz CT molecular complexity index is 213. The predicted molar refractivity (Wildman–Crippen MR) is 90.5 cm³/mol. The Kier molecular flexibility index (Phi) is 28.2. The lowest BCUT2D eigenvalue weighted by atomic mass is 10.0. The Balaban J connectivity index is -0.00000180. The molecule has 0 aliphatic rings. The highest BCUT2D eigenvalue weighted by atomic mass is 79.9. The number of quaternary nitrogens is 1. The van der Waals surface area contributed by atoms with Crippen LogP contribution in [0.5, 0.6) is 0 Å². The third-order valence-electron chi connectivity index (χ3n) is 3.98. The van der Waals surface area contributed by atoms with E-state index in [1.54, 1.807) is 0 Å². The number of hydrogen-bond donors (Lipinski definition) is 1. The summed E-state index contributed by atoms with van der Waals surface area (Å²) >= 11 is 0. The van der Waals surface area contributed by atoms with Crippen molar-refractivity contribution in [1.82, 2.24) is 6.15 Å². The lowest BCUT2D eigenvalue weighted by Crippen LogP contribution is -3.00. The van der Waals surface area contributed by atoms with Crippen LogP contribution in [0, 0.1) is 0 Å². The van der Waals surface area contributed by atoms with Crippen LogP contribution in [0.4, 0.5) is 0 Å². The van der Waals surface area contributed by atoms with Crippen molar-refractivity contribution in [1.29, 1.82) is 0 Å². The molecule has 0 aromatic heterocycles. The normalized spacial score (nSPS) is 9.86. The van der Waals surface area contributed by atoms with Crippen LogP contribution in [0.25, 0.3) is 0 Å². The van der Waals surface area contributed by atoms with Crippen molar-refractivity contribution in [2.24, 2.45) is 0 Å². The first-order chi connectivity index (χ1) is 9.77. The van der Waals surface area contributed by atoms with Gasteiger partial charge in [-0.2, -0.15) is 0 Å². The van der Waals surface area contributed by atoms with Crippen LogP contribution in [0.2, 0.25) is 0 Å². The molecule has 0 aliphatic heterocycles. The molecule has 0 spiro atoms. The minimum atomic E-state index is -0.903. The number of aliphatic carboxylic acids is 1. The van der Waals surface area contributed by atoms with Gasteiger partial charge in [0.2, 0.25) is 0 Å². The largest absolute Gasteiger partial charge is 1.00 e. The molecule has 0 aliphatic carbocycles. The van der Waals surface area contributed by atoms with Crippen LogP contribution in [0.1, 0.15) is 110 Å². The van der Waals surface area contributed by atoms with Crippen LogP contribution >= 0.6 is 0 Å². The molecule has 0 saturated carbocycles. The third kappa shape index (κ3) is 24.9. The highest BCUT2D eigenvalue weighted by molar-refractivity contribution is 5.63. The van der Waals surface area contributed by atoms with E-state index in [2.05, 4.69) is 6.92 Å². The van der Waals surface area contributed by atoms with Crippen molar-refractivity contribution in [2.45, 2.75) is 110 Å². The van der Waals surface area contributed by atoms with E-state index in [-0.39, 0.29) is 29.6 Å². The first-order valence-electron chi connectivity index (χ1n) is 8.97. The minimum Gasteiger partial charge on any atom is -1.00 e. The maximum Gasteiger partial charge on any atom is 0.0414 e. The molecule has 22 heavy (non-hydrogen) atoms. The van der Waals surface area contributed by atoms with Crippen LogP contribution in [0.15, 0.2) is 0 Å². The molecule has 0 bridgehead atoms. The lowest BCUT2D eigenvalue weighted by molar-refractivity contribution is -0.305. The summed E-state index contributed by atoms with van der Waals surface area (Å²) in [6.45, 7) is 2.27. The Morgan fingerprint density at radius 2 is 0.909 bits per heavy atom. The molecule has 0 atom stereocenters. The van der Waals surface area contributed by atoms with E-state index in [0.29, 0.717) is 0 Å². The first-order valence-corrected chi connectivity index (χ1v) is 8.97. The number of carbonyl (C=O) groups is 1. The fourth-order valence-corrected chi connectivity index (χ4v) is 2.64. The van der Waals surface area contributed by atoms with Crippen LogP contribution < -0.4 is 28.2 Å². The number of carboxylic acid groups (broad SMARTS) is 1. The summed E-state index contributed by atoms with van der Waals surface area (Å²) in [5.41, 5.74) is 0. The summed E-state index contributed by atoms with van der Waals surface area (Å²) in [5.74, 6) is -0.903. The maximum atomic E-state index is 10.2. The van der Waals surface area contributed by atoms with Gasteiger partial charge in [-0.3, -0.25) is 0 Å². The molecule has 0 fully saturated rings. The van der Waals surface area contributed by atoms with E-state index < -0.39 is 5.97 Å². The summed E-state index contributed by atoms with van der Waals surface area (Å²) in [4.78, 5) is 10.2.